The van der Waals surface area contributed by atoms with Crippen molar-refractivity contribution in [3.8, 4) is 0 Å². The number of carbonyl (C=O) groups is 1. The SMILES string of the molecule is CCNCc1cnc(SCC(=O)N(C)C)c(C)c1. The van der Waals surface area contributed by atoms with E-state index >= 15 is 0 Å². The van der Waals surface area contributed by atoms with Crippen LogP contribution in [0.3, 0.4) is 0 Å². The van der Waals surface area contributed by atoms with E-state index in [4.69, 9.17) is 0 Å². The molecule has 1 N–H and O–H groups in total. The molecule has 18 heavy (non-hydrogen) atoms. The second-order valence-corrected chi connectivity index (χ2v) is 5.29. The van der Waals surface area contributed by atoms with Crippen molar-refractivity contribution < 1.29 is 4.79 Å². The van der Waals surface area contributed by atoms with Crippen LogP contribution in [0.2, 0.25) is 0 Å². The summed E-state index contributed by atoms with van der Waals surface area (Å²) in [6.07, 6.45) is 1.87. The molecule has 1 aromatic rings. The molecule has 1 amide bonds. The molecule has 0 radical (unpaired) electrons. The maximum Gasteiger partial charge on any atom is 0.232 e. The Morgan fingerprint density at radius 1 is 1.50 bits per heavy atom. The summed E-state index contributed by atoms with van der Waals surface area (Å²) >= 11 is 1.49. The minimum Gasteiger partial charge on any atom is -0.348 e. The van der Waals surface area contributed by atoms with Gasteiger partial charge in [0.1, 0.15) is 0 Å². The zero-order chi connectivity index (χ0) is 13.5. The first-order chi connectivity index (χ1) is 8.54. The molecule has 0 aliphatic carbocycles. The van der Waals surface area contributed by atoms with Crippen LogP contribution < -0.4 is 5.32 Å². The lowest BCUT2D eigenvalue weighted by atomic mass is 10.2. The van der Waals surface area contributed by atoms with E-state index in [9.17, 15) is 4.79 Å². The molecule has 100 valence electrons. The molecule has 0 aliphatic heterocycles. The number of hydrogen-bond donors (Lipinski definition) is 1. The zero-order valence-corrected chi connectivity index (χ0v) is 12.3. The summed E-state index contributed by atoms with van der Waals surface area (Å²) in [4.78, 5) is 17.5. The monoisotopic (exact) mass is 267 g/mol. The minimum absolute atomic E-state index is 0.109. The van der Waals surface area contributed by atoms with Gasteiger partial charge in [-0.25, -0.2) is 4.98 Å². The molecule has 0 spiro atoms. The number of rotatable bonds is 6. The average molecular weight is 267 g/mol. The van der Waals surface area contributed by atoms with E-state index in [-0.39, 0.29) is 5.91 Å². The van der Waals surface area contributed by atoms with Crippen LogP contribution in [-0.4, -0.2) is 42.2 Å². The molecule has 0 atom stereocenters. The predicted octanol–water partition coefficient (Wildman–Crippen LogP) is 1.68. The molecular formula is C13H21N3OS. The molecule has 0 saturated carbocycles. The lowest BCUT2D eigenvalue weighted by Crippen LogP contribution is -2.23. The highest BCUT2D eigenvalue weighted by atomic mass is 32.2. The second kappa shape index (κ2) is 7.38. The Morgan fingerprint density at radius 2 is 2.22 bits per heavy atom. The lowest BCUT2D eigenvalue weighted by molar-refractivity contribution is -0.125. The van der Waals surface area contributed by atoms with Crippen LogP contribution in [0.1, 0.15) is 18.1 Å². The van der Waals surface area contributed by atoms with Gasteiger partial charge in [0.15, 0.2) is 0 Å². The van der Waals surface area contributed by atoms with Crippen molar-refractivity contribution in [3.05, 3.63) is 23.4 Å². The molecule has 0 aromatic carbocycles. The Kier molecular flexibility index (Phi) is 6.15. The standard InChI is InChI=1S/C13H21N3OS/c1-5-14-7-11-6-10(2)13(15-8-11)18-9-12(17)16(3)4/h6,8,14H,5,7,9H2,1-4H3. The predicted molar refractivity (Wildman–Crippen MR) is 75.8 cm³/mol. The van der Waals surface area contributed by atoms with E-state index in [2.05, 4.69) is 23.3 Å². The first-order valence-electron chi connectivity index (χ1n) is 6.03. The highest BCUT2D eigenvalue weighted by molar-refractivity contribution is 7.99. The van der Waals surface area contributed by atoms with Crippen LogP contribution in [0.25, 0.3) is 0 Å². The fourth-order valence-electron chi connectivity index (χ4n) is 1.40. The zero-order valence-electron chi connectivity index (χ0n) is 11.5. The summed E-state index contributed by atoms with van der Waals surface area (Å²) in [5.74, 6) is 0.547. The van der Waals surface area contributed by atoms with Gasteiger partial charge in [0.2, 0.25) is 5.91 Å². The molecule has 0 fully saturated rings. The van der Waals surface area contributed by atoms with E-state index in [1.165, 1.54) is 17.3 Å². The van der Waals surface area contributed by atoms with Gasteiger partial charge in [-0.2, -0.15) is 0 Å². The van der Waals surface area contributed by atoms with Crippen molar-refractivity contribution >= 4 is 17.7 Å². The minimum atomic E-state index is 0.109. The normalized spacial score (nSPS) is 10.4. The van der Waals surface area contributed by atoms with Crippen LogP contribution in [0, 0.1) is 6.92 Å². The molecule has 1 rings (SSSR count). The summed E-state index contributed by atoms with van der Waals surface area (Å²) in [7, 11) is 3.53. The average Bonchev–Trinajstić information content (AvgIpc) is 2.34. The van der Waals surface area contributed by atoms with Gasteiger partial charge in [-0.1, -0.05) is 24.8 Å². The second-order valence-electron chi connectivity index (χ2n) is 4.32. The van der Waals surface area contributed by atoms with Gasteiger partial charge in [-0.05, 0) is 24.6 Å². The molecular weight excluding hydrogens is 246 g/mol. The van der Waals surface area contributed by atoms with E-state index in [0.29, 0.717) is 5.75 Å². The smallest absolute Gasteiger partial charge is 0.232 e. The Hall–Kier alpha value is -1.07. The first-order valence-corrected chi connectivity index (χ1v) is 7.02. The number of thioether (sulfide) groups is 1. The van der Waals surface area contributed by atoms with Crippen LogP contribution in [-0.2, 0) is 11.3 Å². The third-order valence-electron chi connectivity index (χ3n) is 2.50. The maximum absolute atomic E-state index is 11.5. The molecule has 1 aromatic heterocycles. The van der Waals surface area contributed by atoms with Crippen molar-refractivity contribution in [2.75, 3.05) is 26.4 Å². The summed E-state index contributed by atoms with van der Waals surface area (Å²) in [5.41, 5.74) is 2.31. The topological polar surface area (TPSA) is 45.2 Å². The highest BCUT2D eigenvalue weighted by Crippen LogP contribution is 2.20. The van der Waals surface area contributed by atoms with Crippen molar-refractivity contribution in [2.45, 2.75) is 25.4 Å². The van der Waals surface area contributed by atoms with Crippen LogP contribution >= 0.6 is 11.8 Å². The van der Waals surface area contributed by atoms with Gasteiger partial charge < -0.3 is 10.2 Å². The van der Waals surface area contributed by atoms with Crippen LogP contribution in [0.5, 0.6) is 0 Å². The van der Waals surface area contributed by atoms with E-state index in [1.54, 1.807) is 19.0 Å². The first kappa shape index (κ1) is 15.0. The third kappa shape index (κ3) is 4.66. The van der Waals surface area contributed by atoms with Gasteiger partial charge in [-0.3, -0.25) is 4.79 Å². The molecule has 0 unspecified atom stereocenters. The Labute approximate surface area is 113 Å². The largest absolute Gasteiger partial charge is 0.348 e. The third-order valence-corrected chi connectivity index (χ3v) is 3.59. The van der Waals surface area contributed by atoms with Gasteiger partial charge in [0.05, 0.1) is 10.8 Å². The lowest BCUT2D eigenvalue weighted by Gasteiger charge is -2.11. The number of carbonyl (C=O) groups excluding carboxylic acids is 1. The number of pyridine rings is 1. The van der Waals surface area contributed by atoms with Gasteiger partial charge in [0, 0.05) is 26.8 Å². The number of aryl methyl sites for hydroxylation is 1. The summed E-state index contributed by atoms with van der Waals surface area (Å²) in [6, 6.07) is 2.12. The van der Waals surface area contributed by atoms with E-state index in [0.717, 1.165) is 23.7 Å². The van der Waals surface area contributed by atoms with Gasteiger partial charge >= 0.3 is 0 Å². The molecule has 4 nitrogen and oxygen atoms in total. The van der Waals surface area contributed by atoms with Crippen molar-refractivity contribution in [2.24, 2.45) is 0 Å². The van der Waals surface area contributed by atoms with E-state index < -0.39 is 0 Å². The quantitative estimate of drug-likeness (QED) is 0.797. The number of hydrogen-bond acceptors (Lipinski definition) is 4. The molecule has 5 heteroatoms. The number of nitrogens with zero attached hydrogens (tertiary/aromatic N) is 2. The van der Waals surface area contributed by atoms with Crippen molar-refractivity contribution in [3.63, 3.8) is 0 Å². The summed E-state index contributed by atoms with van der Waals surface area (Å²) < 4.78 is 0. The Bertz CT molecular complexity index is 407. The number of aromatic nitrogens is 1. The van der Waals surface area contributed by atoms with Gasteiger partial charge in [0.25, 0.3) is 0 Å². The molecule has 0 aliphatic rings. The summed E-state index contributed by atoms with van der Waals surface area (Å²) in [5, 5.41) is 4.20. The summed E-state index contributed by atoms with van der Waals surface area (Å²) in [6.45, 7) is 5.90. The van der Waals surface area contributed by atoms with Crippen LogP contribution in [0.4, 0.5) is 0 Å². The number of nitrogens with one attached hydrogen (secondary N) is 1. The van der Waals surface area contributed by atoms with Gasteiger partial charge in [-0.15, -0.1) is 0 Å². The van der Waals surface area contributed by atoms with Crippen LogP contribution in [0.15, 0.2) is 17.3 Å². The Balaban J connectivity index is 2.59. The molecule has 1 heterocycles. The maximum atomic E-state index is 11.5. The Morgan fingerprint density at radius 3 is 2.78 bits per heavy atom. The molecule has 0 saturated heterocycles. The van der Waals surface area contributed by atoms with Crippen molar-refractivity contribution in [1.29, 1.82) is 0 Å². The number of amides is 1. The fraction of sp³-hybridized carbons (Fsp3) is 0.538. The fourth-order valence-corrected chi connectivity index (χ4v) is 2.33. The highest BCUT2D eigenvalue weighted by Gasteiger charge is 2.08. The van der Waals surface area contributed by atoms with Crippen molar-refractivity contribution in [1.82, 2.24) is 15.2 Å². The molecule has 0 bridgehead atoms. The van der Waals surface area contributed by atoms with E-state index in [1.807, 2.05) is 13.1 Å².